The van der Waals surface area contributed by atoms with Crippen molar-refractivity contribution < 1.29 is 4.79 Å². The van der Waals surface area contributed by atoms with Crippen LogP contribution in [0.1, 0.15) is 23.8 Å². The van der Waals surface area contributed by atoms with Gasteiger partial charge in [0.15, 0.2) is 0 Å². The third-order valence-electron chi connectivity index (χ3n) is 4.55. The lowest BCUT2D eigenvalue weighted by molar-refractivity contribution is -0.117. The Kier molecular flexibility index (Phi) is 4.36. The first-order valence-corrected chi connectivity index (χ1v) is 9.43. The van der Waals surface area contributed by atoms with E-state index >= 15 is 0 Å². The van der Waals surface area contributed by atoms with Crippen LogP contribution in [0.25, 0.3) is 10.2 Å². The van der Waals surface area contributed by atoms with E-state index in [1.165, 1.54) is 10.4 Å². The molecule has 3 heterocycles. The number of fused-ring (bicyclic) bond motifs is 2. The molecule has 2 aromatic heterocycles. The first kappa shape index (κ1) is 16.0. The zero-order valence-electron chi connectivity index (χ0n) is 14.2. The SMILES string of the molecule is CCc1cc2c(NCC(=O)N3CCCc4ccccc43)ncnc2s1. The van der Waals surface area contributed by atoms with E-state index in [0.29, 0.717) is 0 Å². The Bertz CT molecular complexity index is 921. The molecule has 0 saturated carbocycles. The Labute approximate surface area is 150 Å². The summed E-state index contributed by atoms with van der Waals surface area (Å²) in [5.74, 6) is 0.810. The molecule has 1 aliphatic rings. The normalized spacial score (nSPS) is 13.7. The second-order valence-electron chi connectivity index (χ2n) is 6.14. The molecule has 0 spiro atoms. The van der Waals surface area contributed by atoms with Crippen molar-refractivity contribution in [1.29, 1.82) is 0 Å². The Morgan fingerprint density at radius 2 is 2.20 bits per heavy atom. The number of nitrogens with zero attached hydrogens (tertiary/aromatic N) is 3. The molecule has 25 heavy (non-hydrogen) atoms. The van der Waals surface area contributed by atoms with E-state index < -0.39 is 0 Å². The van der Waals surface area contributed by atoms with Crippen molar-refractivity contribution in [3.8, 4) is 0 Å². The molecule has 0 radical (unpaired) electrons. The van der Waals surface area contributed by atoms with Gasteiger partial charge < -0.3 is 10.2 Å². The summed E-state index contributed by atoms with van der Waals surface area (Å²) in [5, 5.41) is 4.21. The molecule has 0 fully saturated rings. The summed E-state index contributed by atoms with van der Waals surface area (Å²) in [5.41, 5.74) is 2.29. The van der Waals surface area contributed by atoms with Gasteiger partial charge in [0.25, 0.3) is 0 Å². The Hall–Kier alpha value is -2.47. The number of benzene rings is 1. The number of thiophene rings is 1. The number of nitrogens with one attached hydrogen (secondary N) is 1. The molecule has 0 aliphatic carbocycles. The fourth-order valence-corrected chi connectivity index (χ4v) is 4.20. The Morgan fingerprint density at radius 1 is 1.32 bits per heavy atom. The number of aryl methyl sites for hydroxylation is 2. The molecule has 3 aromatic rings. The van der Waals surface area contributed by atoms with Crippen LogP contribution in [-0.4, -0.2) is 29.0 Å². The first-order valence-electron chi connectivity index (χ1n) is 8.62. The van der Waals surface area contributed by atoms with Gasteiger partial charge in [0.05, 0.1) is 11.9 Å². The summed E-state index contributed by atoms with van der Waals surface area (Å²) in [6.45, 7) is 3.13. The van der Waals surface area contributed by atoms with Gasteiger partial charge in [0, 0.05) is 17.1 Å². The molecule has 0 unspecified atom stereocenters. The van der Waals surface area contributed by atoms with Gasteiger partial charge in [-0.15, -0.1) is 11.3 Å². The maximum absolute atomic E-state index is 12.8. The summed E-state index contributed by atoms with van der Waals surface area (Å²) in [7, 11) is 0. The van der Waals surface area contributed by atoms with Crippen LogP contribution in [0.5, 0.6) is 0 Å². The van der Waals surface area contributed by atoms with Crippen molar-refractivity contribution >= 4 is 39.0 Å². The second kappa shape index (κ2) is 6.80. The van der Waals surface area contributed by atoms with Gasteiger partial charge >= 0.3 is 0 Å². The lowest BCUT2D eigenvalue weighted by Crippen LogP contribution is -2.39. The van der Waals surface area contributed by atoms with Crippen LogP contribution >= 0.6 is 11.3 Å². The number of hydrogen-bond acceptors (Lipinski definition) is 5. The highest BCUT2D eigenvalue weighted by Crippen LogP contribution is 2.29. The standard InChI is InChI=1S/C19H20N4OS/c1-2-14-10-15-18(21-12-22-19(15)25-14)20-11-17(24)23-9-5-7-13-6-3-4-8-16(13)23/h3-4,6,8,10,12H,2,5,7,9,11H2,1H3,(H,20,21,22). The maximum Gasteiger partial charge on any atom is 0.246 e. The van der Waals surface area contributed by atoms with E-state index in [1.807, 2.05) is 23.1 Å². The van der Waals surface area contributed by atoms with E-state index in [1.54, 1.807) is 17.7 Å². The number of carbonyl (C=O) groups is 1. The number of carbonyl (C=O) groups excluding carboxylic acids is 1. The molecule has 1 N–H and O–H groups in total. The molecule has 0 saturated heterocycles. The van der Waals surface area contributed by atoms with Gasteiger partial charge in [-0.1, -0.05) is 25.1 Å². The molecule has 0 atom stereocenters. The predicted molar refractivity (Wildman–Crippen MR) is 102 cm³/mol. The highest BCUT2D eigenvalue weighted by molar-refractivity contribution is 7.18. The zero-order chi connectivity index (χ0) is 17.2. The smallest absolute Gasteiger partial charge is 0.246 e. The summed E-state index contributed by atoms with van der Waals surface area (Å²) in [6, 6.07) is 10.3. The van der Waals surface area contributed by atoms with Gasteiger partial charge in [-0.05, 0) is 37.0 Å². The fourth-order valence-electron chi connectivity index (χ4n) is 3.27. The van der Waals surface area contributed by atoms with Crippen LogP contribution in [0.2, 0.25) is 0 Å². The van der Waals surface area contributed by atoms with Crippen molar-refractivity contribution in [2.75, 3.05) is 23.3 Å². The van der Waals surface area contributed by atoms with Crippen LogP contribution in [0.15, 0.2) is 36.7 Å². The topological polar surface area (TPSA) is 58.1 Å². The van der Waals surface area contributed by atoms with E-state index in [4.69, 9.17) is 0 Å². The average molecular weight is 352 g/mol. The van der Waals surface area contributed by atoms with E-state index in [-0.39, 0.29) is 12.5 Å². The molecular weight excluding hydrogens is 332 g/mol. The van der Waals surface area contributed by atoms with Crippen molar-refractivity contribution in [3.63, 3.8) is 0 Å². The number of para-hydroxylation sites is 1. The first-order chi connectivity index (χ1) is 12.3. The van der Waals surface area contributed by atoms with Crippen molar-refractivity contribution in [2.24, 2.45) is 0 Å². The third kappa shape index (κ3) is 3.09. The van der Waals surface area contributed by atoms with Crippen LogP contribution in [0.3, 0.4) is 0 Å². The summed E-state index contributed by atoms with van der Waals surface area (Å²) in [4.78, 5) is 25.5. The lowest BCUT2D eigenvalue weighted by atomic mass is 10.0. The minimum atomic E-state index is 0.0739. The molecule has 6 heteroatoms. The number of hydrogen-bond donors (Lipinski definition) is 1. The lowest BCUT2D eigenvalue weighted by Gasteiger charge is -2.29. The van der Waals surface area contributed by atoms with Crippen molar-refractivity contribution in [1.82, 2.24) is 9.97 Å². The molecule has 4 rings (SSSR count). The van der Waals surface area contributed by atoms with E-state index in [2.05, 4.69) is 34.3 Å². The number of anilines is 2. The highest BCUT2D eigenvalue weighted by atomic mass is 32.1. The predicted octanol–water partition coefficient (Wildman–Crippen LogP) is 3.65. The van der Waals surface area contributed by atoms with Crippen molar-refractivity contribution in [2.45, 2.75) is 26.2 Å². The summed E-state index contributed by atoms with van der Waals surface area (Å²) < 4.78 is 0. The second-order valence-corrected chi connectivity index (χ2v) is 7.25. The average Bonchev–Trinajstić information content (AvgIpc) is 3.09. The molecule has 1 aromatic carbocycles. The van der Waals surface area contributed by atoms with Crippen LogP contribution < -0.4 is 10.2 Å². The minimum Gasteiger partial charge on any atom is -0.360 e. The molecule has 1 aliphatic heterocycles. The largest absolute Gasteiger partial charge is 0.360 e. The Balaban J connectivity index is 1.52. The van der Waals surface area contributed by atoms with E-state index in [9.17, 15) is 4.79 Å². The number of aromatic nitrogens is 2. The third-order valence-corrected chi connectivity index (χ3v) is 5.73. The van der Waals surface area contributed by atoms with Gasteiger partial charge in [-0.2, -0.15) is 0 Å². The van der Waals surface area contributed by atoms with Crippen LogP contribution in [0.4, 0.5) is 11.5 Å². The molecule has 0 bridgehead atoms. The fraction of sp³-hybridized carbons (Fsp3) is 0.316. The maximum atomic E-state index is 12.8. The van der Waals surface area contributed by atoms with E-state index in [0.717, 1.165) is 47.5 Å². The molecule has 128 valence electrons. The minimum absolute atomic E-state index is 0.0739. The summed E-state index contributed by atoms with van der Waals surface area (Å²) in [6.07, 6.45) is 4.57. The summed E-state index contributed by atoms with van der Waals surface area (Å²) >= 11 is 1.68. The van der Waals surface area contributed by atoms with Crippen molar-refractivity contribution in [3.05, 3.63) is 47.1 Å². The Morgan fingerprint density at radius 3 is 3.08 bits per heavy atom. The number of rotatable bonds is 4. The highest BCUT2D eigenvalue weighted by Gasteiger charge is 2.22. The van der Waals surface area contributed by atoms with Crippen LogP contribution in [0, 0.1) is 0 Å². The molecule has 5 nitrogen and oxygen atoms in total. The van der Waals surface area contributed by atoms with Crippen LogP contribution in [-0.2, 0) is 17.6 Å². The van der Waals surface area contributed by atoms with Gasteiger partial charge in [0.2, 0.25) is 5.91 Å². The van der Waals surface area contributed by atoms with Gasteiger partial charge in [-0.25, -0.2) is 9.97 Å². The zero-order valence-corrected chi connectivity index (χ0v) is 15.0. The van der Waals surface area contributed by atoms with Gasteiger partial charge in [-0.3, -0.25) is 4.79 Å². The molecular formula is C19H20N4OS. The number of amides is 1. The van der Waals surface area contributed by atoms with Gasteiger partial charge in [0.1, 0.15) is 17.0 Å². The monoisotopic (exact) mass is 352 g/mol. The molecule has 1 amide bonds. The quantitative estimate of drug-likeness (QED) is 0.779.